The molecule has 1 amide bonds. The zero-order valence-electron chi connectivity index (χ0n) is 15.6. The quantitative estimate of drug-likeness (QED) is 0.709. The second-order valence-corrected chi connectivity index (χ2v) is 6.95. The van der Waals surface area contributed by atoms with Crippen LogP contribution >= 0.6 is 0 Å². The van der Waals surface area contributed by atoms with E-state index in [9.17, 15) is 4.79 Å². The molecule has 27 heavy (non-hydrogen) atoms. The van der Waals surface area contributed by atoms with Crippen LogP contribution in [0.3, 0.4) is 0 Å². The zero-order chi connectivity index (χ0) is 18.6. The Morgan fingerprint density at radius 3 is 2.19 bits per heavy atom. The number of hydrogen-bond acceptors (Lipinski definition) is 3. The van der Waals surface area contributed by atoms with Crippen molar-refractivity contribution in [3.63, 3.8) is 0 Å². The van der Waals surface area contributed by atoms with Gasteiger partial charge in [0.05, 0.1) is 12.7 Å². The third-order valence-electron chi connectivity index (χ3n) is 5.21. The van der Waals surface area contributed by atoms with E-state index < -0.39 is 0 Å². The molecule has 0 atom stereocenters. The SMILES string of the molecule is COc1cc2ccccc2cc1C(=O)N1CCN(Cc2ccccc2)CC1. The van der Waals surface area contributed by atoms with Crippen molar-refractivity contribution < 1.29 is 9.53 Å². The second kappa shape index (κ2) is 7.80. The van der Waals surface area contributed by atoms with Gasteiger partial charge in [-0.2, -0.15) is 0 Å². The number of ether oxygens (including phenoxy) is 1. The molecular formula is C23H24N2O2. The van der Waals surface area contributed by atoms with Crippen molar-refractivity contribution in [3.05, 3.63) is 77.9 Å². The van der Waals surface area contributed by atoms with E-state index in [1.165, 1.54) is 5.56 Å². The lowest BCUT2D eigenvalue weighted by molar-refractivity contribution is 0.0625. The normalized spacial score (nSPS) is 15.1. The van der Waals surface area contributed by atoms with E-state index in [1.807, 2.05) is 47.4 Å². The molecule has 3 aromatic carbocycles. The molecule has 1 saturated heterocycles. The van der Waals surface area contributed by atoms with E-state index in [4.69, 9.17) is 4.74 Å². The van der Waals surface area contributed by atoms with Crippen LogP contribution in [-0.2, 0) is 6.54 Å². The third-order valence-corrected chi connectivity index (χ3v) is 5.21. The molecule has 138 valence electrons. The maximum absolute atomic E-state index is 13.1. The van der Waals surface area contributed by atoms with Crippen LogP contribution in [0, 0.1) is 0 Å². The van der Waals surface area contributed by atoms with Crippen LogP contribution in [0.25, 0.3) is 10.8 Å². The summed E-state index contributed by atoms with van der Waals surface area (Å²) in [6.07, 6.45) is 0. The number of fused-ring (bicyclic) bond motifs is 1. The smallest absolute Gasteiger partial charge is 0.257 e. The van der Waals surface area contributed by atoms with Crippen LogP contribution in [0.4, 0.5) is 0 Å². The Morgan fingerprint density at radius 2 is 1.52 bits per heavy atom. The van der Waals surface area contributed by atoms with Crippen molar-refractivity contribution in [1.82, 2.24) is 9.80 Å². The number of nitrogens with zero attached hydrogens (tertiary/aromatic N) is 2. The van der Waals surface area contributed by atoms with Gasteiger partial charge in [-0.1, -0.05) is 54.6 Å². The summed E-state index contributed by atoms with van der Waals surface area (Å²) < 4.78 is 5.51. The highest BCUT2D eigenvalue weighted by Crippen LogP contribution is 2.27. The minimum absolute atomic E-state index is 0.0527. The number of hydrogen-bond donors (Lipinski definition) is 0. The van der Waals surface area contributed by atoms with Crippen LogP contribution in [0.5, 0.6) is 5.75 Å². The number of carbonyl (C=O) groups excluding carboxylic acids is 1. The molecule has 1 aliphatic heterocycles. The van der Waals surface area contributed by atoms with E-state index >= 15 is 0 Å². The topological polar surface area (TPSA) is 32.8 Å². The highest BCUT2D eigenvalue weighted by Gasteiger charge is 2.24. The molecule has 1 heterocycles. The molecule has 1 fully saturated rings. The summed E-state index contributed by atoms with van der Waals surface area (Å²) in [5.74, 6) is 0.697. The largest absolute Gasteiger partial charge is 0.496 e. The maximum Gasteiger partial charge on any atom is 0.257 e. The number of piperazine rings is 1. The molecule has 0 bridgehead atoms. The van der Waals surface area contributed by atoms with Crippen LogP contribution in [-0.4, -0.2) is 49.0 Å². The molecule has 4 rings (SSSR count). The minimum atomic E-state index is 0.0527. The van der Waals surface area contributed by atoms with E-state index in [0.29, 0.717) is 11.3 Å². The van der Waals surface area contributed by atoms with Crippen molar-refractivity contribution >= 4 is 16.7 Å². The lowest BCUT2D eigenvalue weighted by Gasteiger charge is -2.35. The van der Waals surface area contributed by atoms with Crippen LogP contribution in [0.2, 0.25) is 0 Å². The van der Waals surface area contributed by atoms with Crippen molar-refractivity contribution in [2.24, 2.45) is 0 Å². The molecule has 0 aliphatic carbocycles. The van der Waals surface area contributed by atoms with Gasteiger partial charge in [-0.3, -0.25) is 9.69 Å². The fourth-order valence-corrected chi connectivity index (χ4v) is 3.68. The lowest BCUT2D eigenvalue weighted by Crippen LogP contribution is -2.48. The second-order valence-electron chi connectivity index (χ2n) is 6.95. The van der Waals surface area contributed by atoms with Crippen molar-refractivity contribution in [1.29, 1.82) is 0 Å². The summed E-state index contributed by atoms with van der Waals surface area (Å²) in [5, 5.41) is 2.14. The van der Waals surface area contributed by atoms with Gasteiger partial charge in [0, 0.05) is 32.7 Å². The monoisotopic (exact) mass is 360 g/mol. The molecule has 1 aliphatic rings. The average molecular weight is 360 g/mol. The van der Waals surface area contributed by atoms with Crippen LogP contribution in [0.1, 0.15) is 15.9 Å². The van der Waals surface area contributed by atoms with Gasteiger partial charge >= 0.3 is 0 Å². The summed E-state index contributed by atoms with van der Waals surface area (Å²) in [6, 6.07) is 22.4. The van der Waals surface area contributed by atoms with Gasteiger partial charge < -0.3 is 9.64 Å². The fourth-order valence-electron chi connectivity index (χ4n) is 3.68. The van der Waals surface area contributed by atoms with Gasteiger partial charge in [0.25, 0.3) is 5.91 Å². The van der Waals surface area contributed by atoms with Gasteiger partial charge in [0.2, 0.25) is 0 Å². The van der Waals surface area contributed by atoms with Gasteiger partial charge in [-0.15, -0.1) is 0 Å². The molecule has 0 aromatic heterocycles. The molecule has 3 aromatic rings. The number of amides is 1. The predicted molar refractivity (Wildman–Crippen MR) is 108 cm³/mol. The summed E-state index contributed by atoms with van der Waals surface area (Å²) in [7, 11) is 1.62. The molecule has 0 unspecified atom stereocenters. The lowest BCUT2D eigenvalue weighted by atomic mass is 10.0. The maximum atomic E-state index is 13.1. The van der Waals surface area contributed by atoms with Crippen molar-refractivity contribution in [3.8, 4) is 5.75 Å². The Morgan fingerprint density at radius 1 is 0.889 bits per heavy atom. The average Bonchev–Trinajstić information content (AvgIpc) is 2.73. The first-order chi connectivity index (χ1) is 13.2. The highest BCUT2D eigenvalue weighted by atomic mass is 16.5. The third kappa shape index (κ3) is 3.81. The first kappa shape index (κ1) is 17.6. The van der Waals surface area contributed by atoms with E-state index in [1.54, 1.807) is 7.11 Å². The zero-order valence-corrected chi connectivity index (χ0v) is 15.6. The number of methoxy groups -OCH3 is 1. The Bertz CT molecular complexity index is 932. The molecule has 0 spiro atoms. The van der Waals surface area contributed by atoms with Gasteiger partial charge in [0.15, 0.2) is 0 Å². The summed E-state index contributed by atoms with van der Waals surface area (Å²) in [6.45, 7) is 4.18. The molecule has 0 radical (unpaired) electrons. The van der Waals surface area contributed by atoms with E-state index in [2.05, 4.69) is 29.2 Å². The van der Waals surface area contributed by atoms with Gasteiger partial charge in [-0.25, -0.2) is 0 Å². The molecule has 0 N–H and O–H groups in total. The Hall–Kier alpha value is -2.85. The highest BCUT2D eigenvalue weighted by molar-refractivity contribution is 6.01. The molecule has 4 nitrogen and oxygen atoms in total. The Kier molecular flexibility index (Phi) is 5.07. The molecular weight excluding hydrogens is 336 g/mol. The Labute approximate surface area is 160 Å². The fraction of sp³-hybridized carbons (Fsp3) is 0.261. The Balaban J connectivity index is 1.47. The predicted octanol–water partition coefficient (Wildman–Crippen LogP) is 3.81. The van der Waals surface area contributed by atoms with Crippen LogP contribution in [0.15, 0.2) is 66.7 Å². The number of benzene rings is 3. The minimum Gasteiger partial charge on any atom is -0.496 e. The van der Waals surface area contributed by atoms with E-state index in [-0.39, 0.29) is 5.91 Å². The standard InChI is InChI=1S/C23H24N2O2/c1-27-22-16-20-10-6-5-9-19(20)15-21(22)23(26)25-13-11-24(12-14-25)17-18-7-3-2-4-8-18/h2-10,15-16H,11-14,17H2,1H3. The van der Waals surface area contributed by atoms with Crippen molar-refractivity contribution in [2.45, 2.75) is 6.54 Å². The van der Waals surface area contributed by atoms with E-state index in [0.717, 1.165) is 43.5 Å². The summed E-state index contributed by atoms with van der Waals surface area (Å²) in [5.41, 5.74) is 1.96. The summed E-state index contributed by atoms with van der Waals surface area (Å²) >= 11 is 0. The molecule has 0 saturated carbocycles. The van der Waals surface area contributed by atoms with Gasteiger partial charge in [0.1, 0.15) is 5.75 Å². The first-order valence-electron chi connectivity index (χ1n) is 9.37. The van der Waals surface area contributed by atoms with Crippen molar-refractivity contribution in [2.75, 3.05) is 33.3 Å². The summed E-state index contributed by atoms with van der Waals surface area (Å²) in [4.78, 5) is 17.5. The van der Waals surface area contributed by atoms with Gasteiger partial charge in [-0.05, 0) is 28.5 Å². The number of rotatable bonds is 4. The van der Waals surface area contributed by atoms with Crippen LogP contribution < -0.4 is 4.74 Å². The first-order valence-corrected chi connectivity index (χ1v) is 9.37. The molecule has 4 heteroatoms. The number of carbonyl (C=O) groups is 1.